The van der Waals surface area contributed by atoms with Gasteiger partial charge in [0, 0.05) is 28.4 Å². The molecule has 3 rings (SSSR count). The Kier molecular flexibility index (Phi) is 3.18. The van der Waals surface area contributed by atoms with Crippen molar-refractivity contribution in [3.63, 3.8) is 0 Å². The van der Waals surface area contributed by atoms with E-state index in [2.05, 4.69) is 0 Å². The number of phenols is 2. The summed E-state index contributed by atoms with van der Waals surface area (Å²) in [5.74, 6) is 0.464. The van der Waals surface area contributed by atoms with E-state index in [-0.39, 0.29) is 11.5 Å². The first-order valence-electron chi connectivity index (χ1n) is 6.84. The maximum atomic E-state index is 10.5. The van der Waals surface area contributed by atoms with E-state index in [0.717, 1.165) is 11.1 Å². The molecule has 0 radical (unpaired) electrons. The number of hydrogen-bond donors (Lipinski definition) is 3. The Bertz CT molecular complexity index is 808. The molecule has 0 saturated heterocycles. The van der Waals surface area contributed by atoms with Crippen LogP contribution >= 0.6 is 0 Å². The minimum atomic E-state index is 0.230. The summed E-state index contributed by atoms with van der Waals surface area (Å²) in [6.45, 7) is 1.83. The summed E-state index contributed by atoms with van der Waals surface area (Å²) in [7, 11) is 0. The van der Waals surface area contributed by atoms with E-state index in [1.54, 1.807) is 0 Å². The van der Waals surface area contributed by atoms with E-state index >= 15 is 0 Å². The smallest absolute Gasteiger partial charge is 0.127 e. The van der Waals surface area contributed by atoms with Crippen LogP contribution in [0.5, 0.6) is 11.5 Å². The fraction of sp³-hybridized carbons (Fsp3) is 0.111. The summed E-state index contributed by atoms with van der Waals surface area (Å²) >= 11 is 0. The van der Waals surface area contributed by atoms with Crippen LogP contribution in [0.1, 0.15) is 16.7 Å². The molecule has 3 nitrogen and oxygen atoms in total. The Labute approximate surface area is 123 Å². The number of anilines is 1. The first-order chi connectivity index (χ1) is 10.1. The van der Waals surface area contributed by atoms with E-state index in [1.807, 2.05) is 55.5 Å². The molecule has 0 saturated carbocycles. The highest BCUT2D eigenvalue weighted by atomic mass is 16.3. The summed E-state index contributed by atoms with van der Waals surface area (Å²) in [5.41, 5.74) is 8.89. The third-order valence-corrected chi connectivity index (χ3v) is 3.89. The van der Waals surface area contributed by atoms with Crippen molar-refractivity contribution in [2.75, 3.05) is 5.73 Å². The van der Waals surface area contributed by atoms with Gasteiger partial charge in [-0.25, -0.2) is 0 Å². The topological polar surface area (TPSA) is 66.5 Å². The van der Waals surface area contributed by atoms with Crippen LogP contribution in [0.4, 0.5) is 5.69 Å². The normalized spacial score (nSPS) is 10.9. The predicted octanol–water partition coefficient (Wildman–Crippen LogP) is 3.73. The number of hydrogen-bond acceptors (Lipinski definition) is 3. The summed E-state index contributed by atoms with van der Waals surface area (Å²) in [4.78, 5) is 0. The SMILES string of the molecule is Cc1c(Cc2ccc(N)cc2)c(O)c2ccccc2c1O. The Morgan fingerprint density at radius 2 is 1.43 bits per heavy atom. The molecule has 0 atom stereocenters. The lowest BCUT2D eigenvalue weighted by molar-refractivity contribution is 0.461. The summed E-state index contributed by atoms with van der Waals surface area (Å²) in [6.07, 6.45) is 0.552. The maximum absolute atomic E-state index is 10.5. The molecule has 0 bridgehead atoms. The van der Waals surface area contributed by atoms with Crippen molar-refractivity contribution in [2.45, 2.75) is 13.3 Å². The molecule has 0 aliphatic heterocycles. The lowest BCUT2D eigenvalue weighted by atomic mass is 9.94. The standard InChI is InChI=1S/C18H17NO2/c1-11-16(10-12-6-8-13(19)9-7-12)18(21)15-5-3-2-4-14(15)17(11)20/h2-9,20-21H,10,19H2,1H3. The van der Waals surface area contributed by atoms with Gasteiger partial charge in [-0.1, -0.05) is 36.4 Å². The molecule has 21 heavy (non-hydrogen) atoms. The minimum Gasteiger partial charge on any atom is -0.507 e. The molecule has 0 unspecified atom stereocenters. The number of fused-ring (bicyclic) bond motifs is 1. The van der Waals surface area contributed by atoms with Crippen molar-refractivity contribution in [3.05, 3.63) is 65.2 Å². The zero-order valence-corrected chi connectivity index (χ0v) is 11.8. The van der Waals surface area contributed by atoms with Crippen LogP contribution in [0.3, 0.4) is 0 Å². The van der Waals surface area contributed by atoms with Gasteiger partial charge in [-0.3, -0.25) is 0 Å². The molecule has 0 aliphatic rings. The van der Waals surface area contributed by atoms with Gasteiger partial charge in [0.2, 0.25) is 0 Å². The number of phenolic OH excluding ortho intramolecular Hbond substituents is 2. The molecule has 0 aliphatic carbocycles. The number of rotatable bonds is 2. The second-order valence-electron chi connectivity index (χ2n) is 5.26. The van der Waals surface area contributed by atoms with Crippen molar-refractivity contribution >= 4 is 16.5 Å². The third kappa shape index (κ3) is 2.27. The molecule has 3 aromatic rings. The maximum Gasteiger partial charge on any atom is 0.127 e. The van der Waals surface area contributed by atoms with Gasteiger partial charge in [0.15, 0.2) is 0 Å². The van der Waals surface area contributed by atoms with Crippen LogP contribution in [0.15, 0.2) is 48.5 Å². The van der Waals surface area contributed by atoms with Gasteiger partial charge in [-0.2, -0.15) is 0 Å². The number of nitrogen functional groups attached to an aromatic ring is 1. The molecule has 0 spiro atoms. The van der Waals surface area contributed by atoms with Crippen molar-refractivity contribution in [2.24, 2.45) is 0 Å². The second-order valence-corrected chi connectivity index (χ2v) is 5.26. The molecular formula is C18H17NO2. The van der Waals surface area contributed by atoms with E-state index in [1.165, 1.54) is 0 Å². The van der Waals surface area contributed by atoms with Crippen molar-refractivity contribution in [3.8, 4) is 11.5 Å². The molecule has 106 valence electrons. The lowest BCUT2D eigenvalue weighted by Crippen LogP contribution is -1.95. The summed E-state index contributed by atoms with van der Waals surface area (Å²) in [5, 5.41) is 22.2. The molecule has 4 N–H and O–H groups in total. The van der Waals surface area contributed by atoms with E-state index in [0.29, 0.717) is 28.4 Å². The average Bonchev–Trinajstić information content (AvgIpc) is 2.51. The Hall–Kier alpha value is -2.68. The van der Waals surface area contributed by atoms with Crippen LogP contribution < -0.4 is 5.73 Å². The summed E-state index contributed by atoms with van der Waals surface area (Å²) < 4.78 is 0. The van der Waals surface area contributed by atoms with Gasteiger partial charge < -0.3 is 15.9 Å². The molecule has 3 aromatic carbocycles. The molecule has 0 aromatic heterocycles. The van der Waals surface area contributed by atoms with Gasteiger partial charge in [-0.15, -0.1) is 0 Å². The average molecular weight is 279 g/mol. The molecule has 0 heterocycles. The van der Waals surface area contributed by atoms with E-state index < -0.39 is 0 Å². The van der Waals surface area contributed by atoms with Gasteiger partial charge in [-0.05, 0) is 30.2 Å². The quantitative estimate of drug-likeness (QED) is 0.494. The molecular weight excluding hydrogens is 262 g/mol. The first-order valence-corrected chi connectivity index (χ1v) is 6.84. The van der Waals surface area contributed by atoms with Crippen LogP contribution in [-0.2, 0) is 6.42 Å². The van der Waals surface area contributed by atoms with Crippen molar-refractivity contribution in [1.82, 2.24) is 0 Å². The Balaban J connectivity index is 2.16. The van der Waals surface area contributed by atoms with Gasteiger partial charge in [0.1, 0.15) is 11.5 Å². The molecule has 3 heteroatoms. The fourth-order valence-electron chi connectivity index (χ4n) is 2.64. The number of nitrogens with two attached hydrogens (primary N) is 1. The van der Waals surface area contributed by atoms with Gasteiger partial charge >= 0.3 is 0 Å². The predicted molar refractivity (Wildman–Crippen MR) is 85.7 cm³/mol. The highest BCUT2D eigenvalue weighted by Gasteiger charge is 2.15. The van der Waals surface area contributed by atoms with Crippen LogP contribution in [0, 0.1) is 6.92 Å². The van der Waals surface area contributed by atoms with E-state index in [9.17, 15) is 10.2 Å². The molecule has 0 fully saturated rings. The van der Waals surface area contributed by atoms with Crippen LogP contribution in [0.25, 0.3) is 10.8 Å². The van der Waals surface area contributed by atoms with Crippen molar-refractivity contribution in [1.29, 1.82) is 0 Å². The van der Waals surface area contributed by atoms with Crippen LogP contribution in [-0.4, -0.2) is 10.2 Å². The number of benzene rings is 3. The zero-order valence-electron chi connectivity index (χ0n) is 11.8. The first kappa shape index (κ1) is 13.3. The van der Waals surface area contributed by atoms with Crippen molar-refractivity contribution < 1.29 is 10.2 Å². The second kappa shape index (κ2) is 5.02. The van der Waals surface area contributed by atoms with Gasteiger partial charge in [0.05, 0.1) is 0 Å². The number of aromatic hydroxyl groups is 2. The summed E-state index contributed by atoms with van der Waals surface area (Å²) in [6, 6.07) is 14.9. The van der Waals surface area contributed by atoms with Crippen LogP contribution in [0.2, 0.25) is 0 Å². The lowest BCUT2D eigenvalue weighted by Gasteiger charge is -2.14. The zero-order chi connectivity index (χ0) is 15.0. The minimum absolute atomic E-state index is 0.230. The largest absolute Gasteiger partial charge is 0.507 e. The fourth-order valence-corrected chi connectivity index (χ4v) is 2.64. The van der Waals surface area contributed by atoms with Gasteiger partial charge in [0.25, 0.3) is 0 Å². The highest BCUT2D eigenvalue weighted by molar-refractivity contribution is 5.95. The van der Waals surface area contributed by atoms with E-state index in [4.69, 9.17) is 5.73 Å². The monoisotopic (exact) mass is 279 g/mol. The Morgan fingerprint density at radius 3 is 2.05 bits per heavy atom. The Morgan fingerprint density at radius 1 is 0.857 bits per heavy atom. The highest BCUT2D eigenvalue weighted by Crippen LogP contribution is 2.39. The molecule has 0 amide bonds. The third-order valence-electron chi connectivity index (χ3n) is 3.89.